The van der Waals surface area contributed by atoms with Crippen molar-refractivity contribution in [2.45, 2.75) is 26.7 Å². The third-order valence-corrected chi connectivity index (χ3v) is 3.68. The Balaban J connectivity index is 1.93. The highest BCUT2D eigenvalue weighted by atomic mass is 16.4. The van der Waals surface area contributed by atoms with Crippen LogP contribution >= 0.6 is 0 Å². The Labute approximate surface area is 132 Å². The zero-order valence-electron chi connectivity index (χ0n) is 12.8. The molecular weight excluding hydrogens is 296 g/mol. The molecule has 0 unspecified atom stereocenters. The SMILES string of the molecule is Cc1ncc2c(n1)NC(=O)C2=Cc1[nH]c(CCC(=O)O)cc1C. The summed E-state index contributed by atoms with van der Waals surface area (Å²) in [6.07, 6.45) is 3.86. The first-order valence-electron chi connectivity index (χ1n) is 7.21. The number of anilines is 1. The maximum absolute atomic E-state index is 12.1. The lowest BCUT2D eigenvalue weighted by atomic mass is 10.1. The topological polar surface area (TPSA) is 108 Å². The van der Waals surface area contributed by atoms with Crippen molar-refractivity contribution in [3.63, 3.8) is 0 Å². The largest absolute Gasteiger partial charge is 0.481 e. The number of carbonyl (C=O) groups excluding carboxylic acids is 1. The van der Waals surface area contributed by atoms with Crippen molar-refractivity contribution >= 4 is 29.3 Å². The second-order valence-electron chi connectivity index (χ2n) is 5.48. The summed E-state index contributed by atoms with van der Waals surface area (Å²) in [5, 5.41) is 11.5. The van der Waals surface area contributed by atoms with Crippen LogP contribution in [-0.2, 0) is 16.0 Å². The Morgan fingerprint density at radius 1 is 1.39 bits per heavy atom. The van der Waals surface area contributed by atoms with Gasteiger partial charge in [0.2, 0.25) is 0 Å². The molecule has 0 saturated carbocycles. The number of carboxylic acid groups (broad SMARTS) is 1. The van der Waals surface area contributed by atoms with Crippen LogP contribution < -0.4 is 5.32 Å². The Hall–Kier alpha value is -2.96. The number of nitrogens with one attached hydrogen (secondary N) is 2. The quantitative estimate of drug-likeness (QED) is 0.748. The van der Waals surface area contributed by atoms with E-state index < -0.39 is 5.97 Å². The van der Waals surface area contributed by atoms with E-state index in [0.717, 1.165) is 17.0 Å². The highest BCUT2D eigenvalue weighted by Crippen LogP contribution is 2.31. The maximum atomic E-state index is 12.1. The standard InChI is InChI=1S/C16H16N4O3/c1-8-5-10(3-4-14(21)22)19-13(8)6-11-12-7-17-9(2)18-15(12)20-16(11)23/h5-7,19H,3-4H2,1-2H3,(H,21,22)(H,17,18,20,23). The van der Waals surface area contributed by atoms with Gasteiger partial charge < -0.3 is 15.4 Å². The summed E-state index contributed by atoms with van der Waals surface area (Å²) < 4.78 is 0. The first-order chi connectivity index (χ1) is 10.9. The molecule has 0 aliphatic carbocycles. The van der Waals surface area contributed by atoms with E-state index in [-0.39, 0.29) is 12.3 Å². The first kappa shape index (κ1) is 15.0. The third kappa shape index (κ3) is 2.98. The van der Waals surface area contributed by atoms with Crippen LogP contribution in [0.1, 0.15) is 34.8 Å². The highest BCUT2D eigenvalue weighted by molar-refractivity contribution is 6.34. The van der Waals surface area contributed by atoms with Gasteiger partial charge in [-0.25, -0.2) is 9.97 Å². The van der Waals surface area contributed by atoms with E-state index in [9.17, 15) is 9.59 Å². The van der Waals surface area contributed by atoms with Gasteiger partial charge in [0, 0.05) is 23.1 Å². The van der Waals surface area contributed by atoms with Gasteiger partial charge >= 0.3 is 5.97 Å². The monoisotopic (exact) mass is 312 g/mol. The molecule has 3 heterocycles. The molecule has 0 fully saturated rings. The minimum absolute atomic E-state index is 0.0619. The van der Waals surface area contributed by atoms with Gasteiger partial charge in [0.1, 0.15) is 11.6 Å². The normalized spacial score (nSPS) is 14.9. The Morgan fingerprint density at radius 3 is 2.91 bits per heavy atom. The number of amides is 1. The van der Waals surface area contributed by atoms with Gasteiger partial charge in [-0.2, -0.15) is 0 Å². The van der Waals surface area contributed by atoms with E-state index in [1.165, 1.54) is 0 Å². The maximum Gasteiger partial charge on any atom is 0.303 e. The van der Waals surface area contributed by atoms with Crippen molar-refractivity contribution in [1.82, 2.24) is 15.0 Å². The molecule has 118 valence electrons. The van der Waals surface area contributed by atoms with E-state index in [1.54, 1.807) is 19.2 Å². The molecule has 3 N–H and O–H groups in total. The van der Waals surface area contributed by atoms with E-state index in [4.69, 9.17) is 5.11 Å². The lowest BCUT2D eigenvalue weighted by Crippen LogP contribution is -2.04. The summed E-state index contributed by atoms with van der Waals surface area (Å²) in [5.41, 5.74) is 3.73. The van der Waals surface area contributed by atoms with Crippen molar-refractivity contribution in [2.24, 2.45) is 0 Å². The predicted molar refractivity (Wildman–Crippen MR) is 84.8 cm³/mol. The third-order valence-electron chi connectivity index (χ3n) is 3.68. The number of fused-ring (bicyclic) bond motifs is 1. The van der Waals surface area contributed by atoms with Gasteiger partial charge in [0.25, 0.3) is 5.91 Å². The van der Waals surface area contributed by atoms with Crippen molar-refractivity contribution < 1.29 is 14.7 Å². The van der Waals surface area contributed by atoms with Crippen molar-refractivity contribution in [2.75, 3.05) is 5.32 Å². The number of hydrogen-bond acceptors (Lipinski definition) is 4. The molecule has 0 atom stereocenters. The van der Waals surface area contributed by atoms with Crippen LogP contribution in [0.3, 0.4) is 0 Å². The van der Waals surface area contributed by atoms with Crippen molar-refractivity contribution in [1.29, 1.82) is 0 Å². The zero-order chi connectivity index (χ0) is 16.6. The van der Waals surface area contributed by atoms with Crippen LogP contribution in [0.2, 0.25) is 0 Å². The van der Waals surface area contributed by atoms with E-state index in [2.05, 4.69) is 20.3 Å². The second kappa shape index (κ2) is 5.68. The number of hydrogen-bond donors (Lipinski definition) is 3. The number of carboxylic acids is 1. The Bertz CT molecular complexity index is 836. The van der Waals surface area contributed by atoms with Crippen molar-refractivity contribution in [3.8, 4) is 0 Å². The van der Waals surface area contributed by atoms with E-state index >= 15 is 0 Å². The molecule has 23 heavy (non-hydrogen) atoms. The average Bonchev–Trinajstić information content (AvgIpc) is 2.98. The zero-order valence-corrected chi connectivity index (χ0v) is 12.8. The molecule has 1 aliphatic rings. The van der Waals surface area contributed by atoms with Gasteiger partial charge in [-0.1, -0.05) is 0 Å². The van der Waals surface area contributed by atoms with E-state index in [0.29, 0.717) is 29.2 Å². The fourth-order valence-corrected chi connectivity index (χ4v) is 2.52. The summed E-state index contributed by atoms with van der Waals surface area (Å²) in [5.74, 6) is 0.0520. The molecule has 1 amide bonds. The second-order valence-corrected chi connectivity index (χ2v) is 5.48. The van der Waals surface area contributed by atoms with Crippen LogP contribution in [0.4, 0.5) is 5.82 Å². The lowest BCUT2D eigenvalue weighted by Gasteiger charge is -1.98. The molecule has 0 radical (unpaired) electrons. The van der Waals surface area contributed by atoms with Crippen molar-refractivity contribution in [3.05, 3.63) is 40.6 Å². The Kier molecular flexibility index (Phi) is 3.69. The molecule has 0 saturated heterocycles. The predicted octanol–water partition coefficient (Wildman–Crippen LogP) is 1.93. The van der Waals surface area contributed by atoms with Gasteiger partial charge in [-0.3, -0.25) is 9.59 Å². The number of aromatic amines is 1. The summed E-state index contributed by atoms with van der Waals surface area (Å²) in [7, 11) is 0. The summed E-state index contributed by atoms with van der Waals surface area (Å²) >= 11 is 0. The van der Waals surface area contributed by atoms with Crippen LogP contribution in [0, 0.1) is 13.8 Å². The molecule has 0 bridgehead atoms. The molecule has 0 aromatic carbocycles. The smallest absolute Gasteiger partial charge is 0.303 e. The molecule has 2 aromatic heterocycles. The number of aromatic nitrogens is 3. The number of rotatable bonds is 4. The molecule has 3 rings (SSSR count). The van der Waals surface area contributed by atoms with Crippen LogP contribution in [0.15, 0.2) is 12.3 Å². The number of carbonyl (C=O) groups is 2. The summed E-state index contributed by atoms with van der Waals surface area (Å²) in [6, 6.07) is 1.90. The fourth-order valence-electron chi connectivity index (χ4n) is 2.52. The number of nitrogens with zero attached hydrogens (tertiary/aromatic N) is 2. The van der Waals surface area contributed by atoms with Gasteiger partial charge in [-0.05, 0) is 38.0 Å². The molecule has 7 heteroatoms. The Morgan fingerprint density at radius 2 is 2.17 bits per heavy atom. The molecule has 1 aliphatic heterocycles. The van der Waals surface area contributed by atoms with E-state index in [1.807, 2.05) is 13.0 Å². The minimum atomic E-state index is -0.839. The molecular formula is C16H16N4O3. The van der Waals surface area contributed by atoms with Gasteiger partial charge in [-0.15, -0.1) is 0 Å². The average molecular weight is 312 g/mol. The molecule has 0 spiro atoms. The number of H-pyrrole nitrogens is 1. The fraction of sp³-hybridized carbons (Fsp3) is 0.250. The number of aryl methyl sites for hydroxylation is 3. The summed E-state index contributed by atoms with van der Waals surface area (Å²) in [6.45, 7) is 3.67. The molecule has 7 nitrogen and oxygen atoms in total. The van der Waals surface area contributed by atoms with Crippen LogP contribution in [0.25, 0.3) is 11.6 Å². The van der Waals surface area contributed by atoms with Crippen LogP contribution in [-0.4, -0.2) is 31.9 Å². The minimum Gasteiger partial charge on any atom is -0.481 e. The highest BCUT2D eigenvalue weighted by Gasteiger charge is 2.26. The first-order valence-corrected chi connectivity index (χ1v) is 7.21. The van der Waals surface area contributed by atoms with Gasteiger partial charge in [0.15, 0.2) is 0 Å². The van der Waals surface area contributed by atoms with Gasteiger partial charge in [0.05, 0.1) is 12.0 Å². The summed E-state index contributed by atoms with van der Waals surface area (Å²) in [4.78, 5) is 34.3. The number of aliphatic carboxylic acids is 1. The molecule has 2 aromatic rings. The van der Waals surface area contributed by atoms with Crippen LogP contribution in [0.5, 0.6) is 0 Å². The lowest BCUT2D eigenvalue weighted by molar-refractivity contribution is -0.137.